The molecule has 0 saturated carbocycles. The molecule has 0 aromatic heterocycles. The molecule has 0 aliphatic heterocycles. The van der Waals surface area contributed by atoms with E-state index in [0.29, 0.717) is 28.1 Å². The normalized spacial score (nSPS) is 10.1. The first-order valence-corrected chi connectivity index (χ1v) is 10.1. The number of methoxy groups -OCH3 is 1. The molecule has 33 heavy (non-hydrogen) atoms. The van der Waals surface area contributed by atoms with Crippen LogP contribution in [0.2, 0.25) is 0 Å². The number of hydrogen-bond donors (Lipinski definition) is 3. The summed E-state index contributed by atoms with van der Waals surface area (Å²) in [6.45, 7) is 1.61. The summed E-state index contributed by atoms with van der Waals surface area (Å²) in [6.07, 6.45) is 0. The molecule has 0 aliphatic carbocycles. The molecule has 0 radical (unpaired) electrons. The van der Waals surface area contributed by atoms with Crippen LogP contribution in [0.4, 0.5) is 11.4 Å². The van der Waals surface area contributed by atoms with Gasteiger partial charge in [0.2, 0.25) is 0 Å². The highest BCUT2D eigenvalue weighted by atomic mass is 16.5. The molecule has 0 saturated heterocycles. The molecule has 0 atom stereocenters. The standard InChI is InChI=1S/C25H23N3O5/c1-16-8-9-19(14-21(16)28-24(31)17-6-4-3-5-7-17)25(32)27-20-12-10-18(11-13-20)23(30)26-15-22(29)33-2/h3-14H,15H2,1-2H3,(H,26,30)(H,27,32)(H,28,31). The van der Waals surface area contributed by atoms with Crippen LogP contribution in [0.1, 0.15) is 36.6 Å². The molecule has 0 heterocycles. The van der Waals surface area contributed by atoms with Crippen LogP contribution in [0.5, 0.6) is 0 Å². The summed E-state index contributed by atoms with van der Waals surface area (Å²) in [4.78, 5) is 48.3. The number of carbonyl (C=O) groups excluding carboxylic acids is 4. The first kappa shape index (κ1) is 23.2. The Labute approximate surface area is 191 Å². The minimum absolute atomic E-state index is 0.232. The lowest BCUT2D eigenvalue weighted by atomic mass is 10.1. The van der Waals surface area contributed by atoms with E-state index in [1.165, 1.54) is 19.2 Å². The Hall–Kier alpha value is -4.46. The van der Waals surface area contributed by atoms with Crippen molar-refractivity contribution in [3.05, 3.63) is 95.1 Å². The lowest BCUT2D eigenvalue weighted by molar-refractivity contribution is -0.139. The third kappa shape index (κ3) is 6.27. The van der Waals surface area contributed by atoms with E-state index in [-0.39, 0.29) is 18.4 Å². The van der Waals surface area contributed by atoms with E-state index >= 15 is 0 Å². The summed E-state index contributed by atoms with van der Waals surface area (Å²) >= 11 is 0. The van der Waals surface area contributed by atoms with Crippen LogP contribution in [-0.2, 0) is 9.53 Å². The van der Waals surface area contributed by atoms with Crippen LogP contribution in [0.3, 0.4) is 0 Å². The number of amides is 3. The molecule has 3 rings (SSSR count). The fourth-order valence-corrected chi connectivity index (χ4v) is 2.92. The topological polar surface area (TPSA) is 114 Å². The van der Waals surface area contributed by atoms with E-state index in [1.54, 1.807) is 54.6 Å². The smallest absolute Gasteiger partial charge is 0.325 e. The van der Waals surface area contributed by atoms with Gasteiger partial charge in [0.05, 0.1) is 7.11 Å². The van der Waals surface area contributed by atoms with Crippen LogP contribution in [0.15, 0.2) is 72.8 Å². The van der Waals surface area contributed by atoms with E-state index in [9.17, 15) is 19.2 Å². The molecule has 3 aromatic rings. The highest BCUT2D eigenvalue weighted by molar-refractivity contribution is 6.08. The lowest BCUT2D eigenvalue weighted by Gasteiger charge is -2.11. The summed E-state index contributed by atoms with van der Waals surface area (Å²) in [5, 5.41) is 8.03. The Balaban J connectivity index is 1.65. The first-order chi connectivity index (χ1) is 15.9. The summed E-state index contributed by atoms with van der Waals surface area (Å²) in [5.41, 5.74) is 3.05. The molecule has 0 unspecified atom stereocenters. The van der Waals surface area contributed by atoms with Gasteiger partial charge < -0.3 is 20.7 Å². The van der Waals surface area contributed by atoms with Gasteiger partial charge in [0.25, 0.3) is 17.7 Å². The second kappa shape index (κ2) is 10.7. The maximum Gasteiger partial charge on any atom is 0.325 e. The Morgan fingerprint density at radius 2 is 1.33 bits per heavy atom. The minimum Gasteiger partial charge on any atom is -0.468 e. The lowest BCUT2D eigenvalue weighted by Crippen LogP contribution is -2.30. The van der Waals surface area contributed by atoms with Crippen LogP contribution < -0.4 is 16.0 Å². The van der Waals surface area contributed by atoms with Gasteiger partial charge in [-0.05, 0) is 61.0 Å². The maximum absolute atomic E-state index is 12.7. The van der Waals surface area contributed by atoms with E-state index in [0.717, 1.165) is 5.56 Å². The highest BCUT2D eigenvalue weighted by Gasteiger charge is 2.13. The molecule has 0 aliphatic rings. The van der Waals surface area contributed by atoms with Gasteiger partial charge in [-0.3, -0.25) is 19.2 Å². The van der Waals surface area contributed by atoms with Gasteiger partial charge in [0, 0.05) is 28.1 Å². The number of benzene rings is 3. The zero-order valence-corrected chi connectivity index (χ0v) is 18.2. The number of carbonyl (C=O) groups is 4. The average molecular weight is 445 g/mol. The summed E-state index contributed by atoms with van der Waals surface area (Å²) in [5.74, 6) is -1.62. The summed E-state index contributed by atoms with van der Waals surface area (Å²) in [7, 11) is 1.24. The third-order valence-electron chi connectivity index (χ3n) is 4.81. The van der Waals surface area contributed by atoms with Gasteiger partial charge >= 0.3 is 5.97 Å². The third-order valence-corrected chi connectivity index (χ3v) is 4.81. The molecule has 168 valence electrons. The number of anilines is 2. The summed E-state index contributed by atoms with van der Waals surface area (Å²) in [6, 6.07) is 20.1. The van der Waals surface area contributed by atoms with Gasteiger partial charge in [-0.1, -0.05) is 24.3 Å². The average Bonchev–Trinajstić information content (AvgIpc) is 2.84. The van der Waals surface area contributed by atoms with Crippen molar-refractivity contribution in [2.75, 3.05) is 24.3 Å². The summed E-state index contributed by atoms with van der Waals surface area (Å²) < 4.78 is 4.48. The number of hydrogen-bond acceptors (Lipinski definition) is 5. The Kier molecular flexibility index (Phi) is 7.54. The largest absolute Gasteiger partial charge is 0.468 e. The molecular weight excluding hydrogens is 422 g/mol. The molecule has 8 heteroatoms. The van der Waals surface area contributed by atoms with Crippen molar-refractivity contribution in [1.29, 1.82) is 0 Å². The van der Waals surface area contributed by atoms with Gasteiger partial charge in [0.1, 0.15) is 6.54 Å². The second-order valence-electron chi connectivity index (χ2n) is 7.14. The molecule has 3 amide bonds. The maximum atomic E-state index is 12.7. The minimum atomic E-state index is -0.551. The van der Waals surface area contributed by atoms with Crippen molar-refractivity contribution < 1.29 is 23.9 Å². The van der Waals surface area contributed by atoms with Crippen molar-refractivity contribution in [1.82, 2.24) is 5.32 Å². The van der Waals surface area contributed by atoms with E-state index in [1.807, 2.05) is 13.0 Å². The quantitative estimate of drug-likeness (QED) is 0.483. The van der Waals surface area contributed by atoms with Crippen LogP contribution in [0, 0.1) is 6.92 Å². The van der Waals surface area contributed by atoms with Gasteiger partial charge in [-0.2, -0.15) is 0 Å². The fraction of sp³-hybridized carbons (Fsp3) is 0.120. The number of esters is 1. The van der Waals surface area contributed by atoms with E-state index in [4.69, 9.17) is 0 Å². The number of ether oxygens (including phenoxy) is 1. The second-order valence-corrected chi connectivity index (χ2v) is 7.14. The molecule has 0 spiro atoms. The first-order valence-electron chi connectivity index (χ1n) is 10.1. The predicted octanol–water partition coefficient (Wildman–Crippen LogP) is 3.40. The van der Waals surface area contributed by atoms with Gasteiger partial charge in [-0.15, -0.1) is 0 Å². The van der Waals surface area contributed by atoms with Crippen molar-refractivity contribution >= 4 is 35.1 Å². The number of aryl methyl sites for hydroxylation is 1. The molecular formula is C25H23N3O5. The molecule has 0 fully saturated rings. The van der Waals surface area contributed by atoms with Crippen LogP contribution in [0.25, 0.3) is 0 Å². The Morgan fingerprint density at radius 3 is 2.00 bits per heavy atom. The monoisotopic (exact) mass is 445 g/mol. The number of nitrogens with one attached hydrogen (secondary N) is 3. The SMILES string of the molecule is COC(=O)CNC(=O)c1ccc(NC(=O)c2ccc(C)c(NC(=O)c3ccccc3)c2)cc1. The molecule has 3 aromatic carbocycles. The fourth-order valence-electron chi connectivity index (χ4n) is 2.92. The zero-order valence-electron chi connectivity index (χ0n) is 18.2. The van der Waals surface area contributed by atoms with Crippen LogP contribution in [-0.4, -0.2) is 37.3 Å². The van der Waals surface area contributed by atoms with Gasteiger partial charge in [-0.25, -0.2) is 0 Å². The van der Waals surface area contributed by atoms with Crippen molar-refractivity contribution in [2.45, 2.75) is 6.92 Å². The molecule has 3 N–H and O–H groups in total. The van der Waals surface area contributed by atoms with E-state index in [2.05, 4.69) is 20.7 Å². The van der Waals surface area contributed by atoms with Crippen LogP contribution >= 0.6 is 0 Å². The zero-order chi connectivity index (χ0) is 23.8. The van der Waals surface area contributed by atoms with E-state index < -0.39 is 11.9 Å². The molecule has 8 nitrogen and oxygen atoms in total. The van der Waals surface area contributed by atoms with Gasteiger partial charge in [0.15, 0.2) is 0 Å². The van der Waals surface area contributed by atoms with Crippen molar-refractivity contribution in [3.63, 3.8) is 0 Å². The number of rotatable bonds is 7. The molecule has 0 bridgehead atoms. The Morgan fingerprint density at radius 1 is 0.727 bits per heavy atom. The van der Waals surface area contributed by atoms with Crippen molar-refractivity contribution in [3.8, 4) is 0 Å². The Bertz CT molecular complexity index is 1170. The predicted molar refractivity (Wildman–Crippen MR) is 124 cm³/mol. The van der Waals surface area contributed by atoms with Crippen molar-refractivity contribution in [2.24, 2.45) is 0 Å². The highest BCUT2D eigenvalue weighted by Crippen LogP contribution is 2.19.